The predicted octanol–water partition coefficient (Wildman–Crippen LogP) is 4.72. The molecule has 28 heavy (non-hydrogen) atoms. The van der Waals surface area contributed by atoms with Crippen LogP contribution >= 0.6 is 0 Å². The highest BCUT2D eigenvalue weighted by molar-refractivity contribution is 6.05. The molecule has 1 fully saturated rings. The summed E-state index contributed by atoms with van der Waals surface area (Å²) in [6, 6.07) is 13.8. The van der Waals surface area contributed by atoms with Gasteiger partial charge in [0.1, 0.15) is 0 Å². The number of carbonyl (C=O) groups excluding carboxylic acids is 1. The smallest absolute Gasteiger partial charge is 0.255 e. The van der Waals surface area contributed by atoms with Gasteiger partial charge in [-0.15, -0.1) is 0 Å². The number of hydrogen-bond acceptors (Lipinski definition) is 4. The van der Waals surface area contributed by atoms with Crippen molar-refractivity contribution in [2.24, 2.45) is 0 Å². The van der Waals surface area contributed by atoms with Crippen LogP contribution in [-0.4, -0.2) is 38.1 Å². The van der Waals surface area contributed by atoms with Crippen molar-refractivity contribution in [3.63, 3.8) is 0 Å². The van der Waals surface area contributed by atoms with Gasteiger partial charge in [-0.3, -0.25) is 9.69 Å². The lowest BCUT2D eigenvalue weighted by Gasteiger charge is -2.31. The van der Waals surface area contributed by atoms with E-state index in [1.165, 1.54) is 32.1 Å². The number of benzene rings is 2. The van der Waals surface area contributed by atoms with Gasteiger partial charge in [-0.25, -0.2) is 0 Å². The van der Waals surface area contributed by atoms with E-state index in [4.69, 9.17) is 9.47 Å². The molecule has 0 heterocycles. The third-order valence-electron chi connectivity index (χ3n) is 5.53. The molecule has 0 saturated heterocycles. The SMILES string of the molecule is COc1ccc(C(=O)Nc2ccccc2CN(C)C2CCCCC2)cc1OC. The third kappa shape index (κ3) is 4.84. The fraction of sp³-hybridized carbons (Fsp3) is 0.435. The van der Waals surface area contributed by atoms with Crippen LogP contribution in [0.3, 0.4) is 0 Å². The molecule has 0 unspecified atom stereocenters. The largest absolute Gasteiger partial charge is 0.493 e. The Kier molecular flexibility index (Phi) is 6.93. The molecule has 0 atom stereocenters. The Hall–Kier alpha value is -2.53. The molecule has 2 aromatic rings. The summed E-state index contributed by atoms with van der Waals surface area (Å²) >= 11 is 0. The van der Waals surface area contributed by atoms with Crippen LogP contribution in [0.1, 0.15) is 48.0 Å². The molecule has 5 heteroatoms. The van der Waals surface area contributed by atoms with Crippen molar-refractivity contribution in [1.82, 2.24) is 4.90 Å². The van der Waals surface area contributed by atoms with Crippen molar-refractivity contribution in [2.45, 2.75) is 44.7 Å². The first kappa shape index (κ1) is 20.2. The first-order valence-corrected chi connectivity index (χ1v) is 9.94. The topological polar surface area (TPSA) is 50.8 Å². The number of nitrogens with zero attached hydrogens (tertiary/aromatic N) is 1. The molecule has 1 aliphatic carbocycles. The van der Waals surface area contributed by atoms with Crippen LogP contribution < -0.4 is 14.8 Å². The summed E-state index contributed by atoms with van der Waals surface area (Å²) in [5.41, 5.74) is 2.52. The van der Waals surface area contributed by atoms with Gasteiger partial charge in [-0.1, -0.05) is 37.5 Å². The van der Waals surface area contributed by atoms with Crippen LogP contribution in [0.15, 0.2) is 42.5 Å². The molecule has 1 N–H and O–H groups in total. The number of hydrogen-bond donors (Lipinski definition) is 1. The lowest BCUT2D eigenvalue weighted by molar-refractivity contribution is 0.102. The van der Waals surface area contributed by atoms with Gasteiger partial charge in [0.2, 0.25) is 0 Å². The zero-order valence-corrected chi connectivity index (χ0v) is 17.0. The fourth-order valence-corrected chi connectivity index (χ4v) is 3.87. The molecule has 0 aromatic heterocycles. The first-order valence-electron chi connectivity index (χ1n) is 9.94. The second kappa shape index (κ2) is 9.60. The maximum absolute atomic E-state index is 12.8. The molecule has 1 aliphatic rings. The monoisotopic (exact) mass is 382 g/mol. The van der Waals surface area contributed by atoms with Crippen molar-refractivity contribution in [2.75, 3.05) is 26.6 Å². The fourth-order valence-electron chi connectivity index (χ4n) is 3.87. The second-order valence-corrected chi connectivity index (χ2v) is 7.39. The number of carbonyl (C=O) groups is 1. The van der Waals surface area contributed by atoms with E-state index < -0.39 is 0 Å². The zero-order chi connectivity index (χ0) is 19.9. The lowest BCUT2D eigenvalue weighted by Crippen LogP contribution is -2.33. The highest BCUT2D eigenvalue weighted by Gasteiger charge is 2.19. The van der Waals surface area contributed by atoms with Gasteiger partial charge in [0.25, 0.3) is 5.91 Å². The molecule has 0 spiro atoms. The van der Waals surface area contributed by atoms with E-state index in [-0.39, 0.29) is 5.91 Å². The van der Waals surface area contributed by atoms with Crippen LogP contribution in [0.25, 0.3) is 0 Å². The average Bonchev–Trinajstić information content (AvgIpc) is 2.75. The molecule has 1 saturated carbocycles. The molecule has 2 aromatic carbocycles. The van der Waals surface area contributed by atoms with Gasteiger partial charge in [-0.2, -0.15) is 0 Å². The number of ether oxygens (including phenoxy) is 2. The van der Waals surface area contributed by atoms with Gasteiger partial charge < -0.3 is 14.8 Å². The first-order chi connectivity index (χ1) is 13.6. The molecule has 0 radical (unpaired) electrons. The summed E-state index contributed by atoms with van der Waals surface area (Å²) in [6.07, 6.45) is 6.50. The van der Waals surface area contributed by atoms with Crippen LogP contribution in [-0.2, 0) is 6.54 Å². The maximum Gasteiger partial charge on any atom is 0.255 e. The third-order valence-corrected chi connectivity index (χ3v) is 5.53. The summed E-state index contributed by atoms with van der Waals surface area (Å²) in [5, 5.41) is 3.06. The molecular formula is C23H30N2O3. The molecule has 5 nitrogen and oxygen atoms in total. The van der Waals surface area contributed by atoms with E-state index in [9.17, 15) is 4.79 Å². The van der Waals surface area contributed by atoms with Gasteiger partial charge in [0, 0.05) is 23.8 Å². The number of rotatable bonds is 7. The minimum absolute atomic E-state index is 0.159. The Labute approximate surface area is 167 Å². The Balaban J connectivity index is 1.73. The second-order valence-electron chi connectivity index (χ2n) is 7.39. The Bertz CT molecular complexity index is 800. The van der Waals surface area contributed by atoms with Crippen molar-refractivity contribution >= 4 is 11.6 Å². The van der Waals surface area contributed by atoms with Gasteiger partial charge in [0.15, 0.2) is 11.5 Å². The van der Waals surface area contributed by atoms with Crippen molar-refractivity contribution in [3.05, 3.63) is 53.6 Å². The summed E-state index contributed by atoms with van der Waals surface area (Å²) in [5.74, 6) is 0.989. The summed E-state index contributed by atoms with van der Waals surface area (Å²) < 4.78 is 10.6. The molecule has 1 amide bonds. The molecule has 0 aliphatic heterocycles. The highest BCUT2D eigenvalue weighted by atomic mass is 16.5. The van der Waals surface area contributed by atoms with Gasteiger partial charge in [-0.05, 0) is 49.7 Å². The predicted molar refractivity (Wildman–Crippen MR) is 112 cm³/mol. The molecular weight excluding hydrogens is 352 g/mol. The summed E-state index contributed by atoms with van der Waals surface area (Å²) in [6.45, 7) is 0.826. The number of amides is 1. The van der Waals surface area contributed by atoms with Crippen molar-refractivity contribution in [1.29, 1.82) is 0 Å². The van der Waals surface area contributed by atoms with E-state index >= 15 is 0 Å². The van der Waals surface area contributed by atoms with Gasteiger partial charge in [0.05, 0.1) is 14.2 Å². The Morgan fingerprint density at radius 3 is 2.46 bits per heavy atom. The molecule has 3 rings (SSSR count). The van der Waals surface area contributed by atoms with Crippen LogP contribution in [0.2, 0.25) is 0 Å². The normalized spacial score (nSPS) is 14.7. The highest BCUT2D eigenvalue weighted by Crippen LogP contribution is 2.29. The number of anilines is 1. The summed E-state index contributed by atoms with van der Waals surface area (Å²) in [7, 11) is 5.33. The number of methoxy groups -OCH3 is 2. The standard InChI is InChI=1S/C23H30N2O3/c1-25(19-10-5-4-6-11-19)16-18-9-7-8-12-20(18)24-23(26)17-13-14-21(27-2)22(15-17)28-3/h7-9,12-15,19H,4-6,10-11,16H2,1-3H3,(H,24,26). The average molecular weight is 383 g/mol. The van der Waals surface area contributed by atoms with E-state index in [0.29, 0.717) is 23.1 Å². The van der Waals surface area contributed by atoms with Crippen LogP contribution in [0.4, 0.5) is 5.69 Å². The number of para-hydroxylation sites is 1. The van der Waals surface area contributed by atoms with E-state index in [1.807, 2.05) is 18.2 Å². The minimum atomic E-state index is -0.159. The van der Waals surface area contributed by atoms with Crippen LogP contribution in [0, 0.1) is 0 Å². The Morgan fingerprint density at radius 2 is 1.75 bits per heavy atom. The quantitative estimate of drug-likeness (QED) is 0.753. The Morgan fingerprint density at radius 1 is 1.04 bits per heavy atom. The molecule has 0 bridgehead atoms. The van der Waals surface area contributed by atoms with Crippen molar-refractivity contribution < 1.29 is 14.3 Å². The van der Waals surface area contributed by atoms with E-state index in [2.05, 4.69) is 23.3 Å². The van der Waals surface area contributed by atoms with Gasteiger partial charge >= 0.3 is 0 Å². The maximum atomic E-state index is 12.8. The summed E-state index contributed by atoms with van der Waals surface area (Å²) in [4.78, 5) is 15.2. The molecule has 150 valence electrons. The van der Waals surface area contributed by atoms with Crippen LogP contribution in [0.5, 0.6) is 11.5 Å². The number of nitrogens with one attached hydrogen (secondary N) is 1. The van der Waals surface area contributed by atoms with E-state index in [0.717, 1.165) is 17.8 Å². The zero-order valence-electron chi connectivity index (χ0n) is 17.0. The van der Waals surface area contributed by atoms with Crippen molar-refractivity contribution in [3.8, 4) is 11.5 Å². The lowest BCUT2D eigenvalue weighted by atomic mass is 9.94. The minimum Gasteiger partial charge on any atom is -0.493 e. The van der Waals surface area contributed by atoms with E-state index in [1.54, 1.807) is 32.4 Å².